The predicted octanol–water partition coefficient (Wildman–Crippen LogP) is 0.510. The minimum Gasteiger partial charge on any atom is -0.375 e. The van der Waals surface area contributed by atoms with Gasteiger partial charge in [0.2, 0.25) is 11.8 Å². The van der Waals surface area contributed by atoms with Crippen LogP contribution in [0.2, 0.25) is 0 Å². The number of hydrogen-bond acceptors (Lipinski definition) is 4. The van der Waals surface area contributed by atoms with Crippen molar-refractivity contribution in [2.45, 2.75) is 25.7 Å². The summed E-state index contributed by atoms with van der Waals surface area (Å²) in [5.41, 5.74) is 0. The summed E-state index contributed by atoms with van der Waals surface area (Å²) in [6.45, 7) is 4.10. The highest BCUT2D eigenvalue weighted by molar-refractivity contribution is 5.78. The van der Waals surface area contributed by atoms with Crippen molar-refractivity contribution in [1.82, 2.24) is 9.80 Å². The van der Waals surface area contributed by atoms with Gasteiger partial charge in [0.15, 0.2) is 0 Å². The molecule has 2 amide bonds. The largest absolute Gasteiger partial charge is 0.375 e. The maximum Gasteiger partial charge on any atom is 0.248 e. The molecule has 6 nitrogen and oxygen atoms in total. The molecule has 2 fully saturated rings. The van der Waals surface area contributed by atoms with Gasteiger partial charge in [0.1, 0.15) is 13.2 Å². The summed E-state index contributed by atoms with van der Waals surface area (Å²) in [5, 5.41) is 0. The number of rotatable bonds is 6. The van der Waals surface area contributed by atoms with Crippen molar-refractivity contribution in [2.24, 2.45) is 5.92 Å². The third-order valence-electron chi connectivity index (χ3n) is 4.18. The molecular weight excluding hydrogens is 272 g/mol. The Balaban J connectivity index is 1.65. The smallest absolute Gasteiger partial charge is 0.248 e. The van der Waals surface area contributed by atoms with Crippen molar-refractivity contribution in [3.8, 4) is 0 Å². The molecule has 0 aromatic heterocycles. The van der Waals surface area contributed by atoms with E-state index in [0.717, 1.165) is 45.3 Å². The number of likely N-dealkylation sites (tertiary alicyclic amines) is 2. The van der Waals surface area contributed by atoms with E-state index in [1.807, 2.05) is 9.80 Å². The summed E-state index contributed by atoms with van der Waals surface area (Å²) >= 11 is 0. The monoisotopic (exact) mass is 298 g/mol. The SMILES string of the molecule is COCC(=O)N1CCCC(COCC(=O)N2CCCC2)C1. The lowest BCUT2D eigenvalue weighted by molar-refractivity contribution is -0.139. The van der Waals surface area contributed by atoms with Gasteiger partial charge in [-0.25, -0.2) is 0 Å². The number of carbonyl (C=O) groups is 2. The van der Waals surface area contributed by atoms with E-state index in [2.05, 4.69) is 0 Å². The fraction of sp³-hybridized carbons (Fsp3) is 0.867. The Bertz CT molecular complexity index is 356. The molecule has 6 heteroatoms. The van der Waals surface area contributed by atoms with Gasteiger partial charge in [-0.05, 0) is 31.6 Å². The molecule has 1 unspecified atom stereocenters. The van der Waals surface area contributed by atoms with Crippen LogP contribution in [0.4, 0.5) is 0 Å². The van der Waals surface area contributed by atoms with E-state index in [0.29, 0.717) is 19.1 Å². The first kappa shape index (κ1) is 16.2. The van der Waals surface area contributed by atoms with E-state index in [1.165, 1.54) is 7.11 Å². The molecule has 2 aliphatic rings. The van der Waals surface area contributed by atoms with Crippen molar-refractivity contribution in [1.29, 1.82) is 0 Å². The molecule has 2 aliphatic heterocycles. The van der Waals surface area contributed by atoms with Crippen molar-refractivity contribution in [3.63, 3.8) is 0 Å². The quantitative estimate of drug-likeness (QED) is 0.717. The molecule has 0 N–H and O–H groups in total. The molecule has 2 heterocycles. The average molecular weight is 298 g/mol. The number of ether oxygens (including phenoxy) is 2. The molecule has 0 spiro atoms. The van der Waals surface area contributed by atoms with E-state index in [9.17, 15) is 9.59 Å². The van der Waals surface area contributed by atoms with Crippen LogP contribution in [0.3, 0.4) is 0 Å². The van der Waals surface area contributed by atoms with E-state index in [1.54, 1.807) is 0 Å². The van der Waals surface area contributed by atoms with Crippen LogP contribution in [0.5, 0.6) is 0 Å². The van der Waals surface area contributed by atoms with Gasteiger partial charge in [-0.3, -0.25) is 9.59 Å². The molecule has 1 atom stereocenters. The van der Waals surface area contributed by atoms with Crippen molar-refractivity contribution in [3.05, 3.63) is 0 Å². The molecule has 0 aromatic rings. The second kappa shape index (κ2) is 8.34. The van der Waals surface area contributed by atoms with E-state index < -0.39 is 0 Å². The number of hydrogen-bond donors (Lipinski definition) is 0. The Kier molecular flexibility index (Phi) is 6.45. The van der Waals surface area contributed by atoms with Crippen molar-refractivity contribution in [2.75, 3.05) is 53.1 Å². The Morgan fingerprint density at radius 3 is 2.38 bits per heavy atom. The lowest BCUT2D eigenvalue weighted by Gasteiger charge is -2.32. The van der Waals surface area contributed by atoms with Gasteiger partial charge in [0.05, 0.1) is 6.61 Å². The van der Waals surface area contributed by atoms with Crippen LogP contribution in [0.15, 0.2) is 0 Å². The van der Waals surface area contributed by atoms with Crippen LogP contribution < -0.4 is 0 Å². The number of methoxy groups -OCH3 is 1. The summed E-state index contributed by atoms with van der Waals surface area (Å²) in [6.07, 6.45) is 4.24. The van der Waals surface area contributed by atoms with Gasteiger partial charge < -0.3 is 19.3 Å². The molecule has 120 valence electrons. The molecule has 0 saturated carbocycles. The molecule has 0 bridgehead atoms. The van der Waals surface area contributed by atoms with Crippen LogP contribution in [-0.2, 0) is 19.1 Å². The van der Waals surface area contributed by atoms with Crippen molar-refractivity contribution < 1.29 is 19.1 Å². The topological polar surface area (TPSA) is 59.1 Å². The first-order chi connectivity index (χ1) is 10.2. The molecule has 21 heavy (non-hydrogen) atoms. The molecule has 0 radical (unpaired) electrons. The highest BCUT2D eigenvalue weighted by Gasteiger charge is 2.24. The maximum atomic E-state index is 11.9. The standard InChI is InChI=1S/C15H26N2O4/c1-20-11-14(18)17-8-4-5-13(9-17)10-21-12-15(19)16-6-2-3-7-16/h13H,2-12H2,1H3. The fourth-order valence-electron chi connectivity index (χ4n) is 3.01. The summed E-state index contributed by atoms with van der Waals surface area (Å²) < 4.78 is 10.5. The van der Waals surface area contributed by atoms with Crippen LogP contribution in [0.1, 0.15) is 25.7 Å². The van der Waals surface area contributed by atoms with Crippen LogP contribution >= 0.6 is 0 Å². The Morgan fingerprint density at radius 2 is 1.67 bits per heavy atom. The Morgan fingerprint density at radius 1 is 1.00 bits per heavy atom. The average Bonchev–Trinajstić information content (AvgIpc) is 3.02. The molecule has 2 saturated heterocycles. The zero-order valence-electron chi connectivity index (χ0n) is 12.9. The van der Waals surface area contributed by atoms with Gasteiger partial charge in [0, 0.05) is 33.3 Å². The molecule has 0 aromatic carbocycles. The third-order valence-corrected chi connectivity index (χ3v) is 4.18. The summed E-state index contributed by atoms with van der Waals surface area (Å²) in [4.78, 5) is 27.4. The minimum atomic E-state index is 0.0374. The lowest BCUT2D eigenvalue weighted by atomic mass is 9.99. The zero-order chi connectivity index (χ0) is 15.1. The number of piperidine rings is 1. The van der Waals surface area contributed by atoms with Crippen LogP contribution in [0.25, 0.3) is 0 Å². The van der Waals surface area contributed by atoms with Gasteiger partial charge in [-0.15, -0.1) is 0 Å². The van der Waals surface area contributed by atoms with E-state index in [4.69, 9.17) is 9.47 Å². The number of carbonyl (C=O) groups excluding carboxylic acids is 2. The van der Waals surface area contributed by atoms with Gasteiger partial charge in [0.25, 0.3) is 0 Å². The van der Waals surface area contributed by atoms with Gasteiger partial charge in [-0.2, -0.15) is 0 Å². The highest BCUT2D eigenvalue weighted by atomic mass is 16.5. The van der Waals surface area contributed by atoms with Crippen molar-refractivity contribution >= 4 is 11.8 Å². The number of amides is 2. The lowest BCUT2D eigenvalue weighted by Crippen LogP contribution is -2.43. The highest BCUT2D eigenvalue weighted by Crippen LogP contribution is 2.17. The predicted molar refractivity (Wildman–Crippen MR) is 77.8 cm³/mol. The minimum absolute atomic E-state index is 0.0374. The summed E-state index contributed by atoms with van der Waals surface area (Å²) in [7, 11) is 1.53. The first-order valence-corrected chi connectivity index (χ1v) is 7.83. The Labute approximate surface area is 126 Å². The van der Waals surface area contributed by atoms with E-state index in [-0.39, 0.29) is 25.0 Å². The summed E-state index contributed by atoms with van der Waals surface area (Å²) in [5.74, 6) is 0.455. The zero-order valence-corrected chi connectivity index (χ0v) is 12.9. The first-order valence-electron chi connectivity index (χ1n) is 7.83. The second-order valence-corrected chi connectivity index (χ2v) is 5.88. The van der Waals surface area contributed by atoms with Crippen LogP contribution in [0, 0.1) is 5.92 Å². The summed E-state index contributed by atoms with van der Waals surface area (Å²) in [6, 6.07) is 0. The normalized spacial score (nSPS) is 22.6. The molecular formula is C15H26N2O4. The van der Waals surface area contributed by atoms with Crippen LogP contribution in [-0.4, -0.2) is 74.7 Å². The van der Waals surface area contributed by atoms with Gasteiger partial charge >= 0.3 is 0 Å². The van der Waals surface area contributed by atoms with Gasteiger partial charge in [-0.1, -0.05) is 0 Å². The maximum absolute atomic E-state index is 11.9. The molecule has 0 aliphatic carbocycles. The Hall–Kier alpha value is -1.14. The third kappa shape index (κ3) is 4.97. The second-order valence-electron chi connectivity index (χ2n) is 5.88. The number of nitrogens with zero attached hydrogens (tertiary/aromatic N) is 2. The van der Waals surface area contributed by atoms with E-state index >= 15 is 0 Å². The fourth-order valence-corrected chi connectivity index (χ4v) is 3.01. The molecule has 2 rings (SSSR count).